The van der Waals surface area contributed by atoms with Gasteiger partial charge in [-0.05, 0) is 18.9 Å². The maximum Gasteiger partial charge on any atom is 0.224 e. The van der Waals surface area contributed by atoms with Crippen LogP contribution >= 0.6 is 0 Å². The lowest BCUT2D eigenvalue weighted by Gasteiger charge is -2.33. The number of imidazole rings is 1. The van der Waals surface area contributed by atoms with Crippen LogP contribution in [0.3, 0.4) is 0 Å². The highest BCUT2D eigenvalue weighted by Gasteiger charge is 2.23. The Balaban J connectivity index is 1.44. The minimum Gasteiger partial charge on any atom is -0.375 e. The fourth-order valence-corrected chi connectivity index (χ4v) is 2.70. The second-order valence-electron chi connectivity index (χ2n) is 5.62. The van der Waals surface area contributed by atoms with E-state index in [1.54, 1.807) is 25.0 Å². The Bertz CT molecular complexity index is 602. The summed E-state index contributed by atoms with van der Waals surface area (Å²) in [5.41, 5.74) is 1.01. The predicted molar refractivity (Wildman–Crippen MR) is 83.5 cm³/mol. The van der Waals surface area contributed by atoms with Gasteiger partial charge in [-0.2, -0.15) is 0 Å². The molecule has 0 aliphatic carbocycles. The first kappa shape index (κ1) is 15.6. The third-order valence-corrected chi connectivity index (χ3v) is 4.00. The van der Waals surface area contributed by atoms with Gasteiger partial charge in [0.1, 0.15) is 6.33 Å². The van der Waals surface area contributed by atoms with Gasteiger partial charge < -0.3 is 14.2 Å². The van der Waals surface area contributed by atoms with Crippen molar-refractivity contribution in [3.63, 3.8) is 0 Å². The Morgan fingerprint density at radius 3 is 3.09 bits per heavy atom. The molecule has 1 aliphatic heterocycles. The number of aromatic nitrogens is 4. The molecule has 7 nitrogen and oxygen atoms in total. The van der Waals surface area contributed by atoms with Crippen LogP contribution < -0.4 is 0 Å². The molecule has 1 aliphatic rings. The Kier molecular flexibility index (Phi) is 5.31. The van der Waals surface area contributed by atoms with E-state index >= 15 is 0 Å². The molecule has 0 saturated carbocycles. The van der Waals surface area contributed by atoms with Crippen LogP contribution in [0.15, 0.2) is 37.3 Å². The summed E-state index contributed by atoms with van der Waals surface area (Å²) < 4.78 is 7.70. The Labute approximate surface area is 135 Å². The monoisotopic (exact) mass is 315 g/mol. The first-order valence-corrected chi connectivity index (χ1v) is 7.91. The summed E-state index contributed by atoms with van der Waals surface area (Å²) in [5.74, 6) is 0.175. The van der Waals surface area contributed by atoms with Crippen molar-refractivity contribution in [3.05, 3.63) is 43.0 Å². The van der Waals surface area contributed by atoms with Crippen LogP contribution in [0.5, 0.6) is 0 Å². The van der Waals surface area contributed by atoms with Crippen molar-refractivity contribution in [2.24, 2.45) is 0 Å². The number of ether oxygens (including phenoxy) is 1. The van der Waals surface area contributed by atoms with Crippen LogP contribution in [0.25, 0.3) is 0 Å². The molecule has 3 heterocycles. The molecule has 2 aromatic heterocycles. The van der Waals surface area contributed by atoms with E-state index in [0.29, 0.717) is 32.7 Å². The van der Waals surface area contributed by atoms with E-state index in [1.165, 1.54) is 0 Å². The third kappa shape index (κ3) is 4.59. The number of hydrogen-bond acceptors (Lipinski definition) is 5. The smallest absolute Gasteiger partial charge is 0.224 e. The van der Waals surface area contributed by atoms with E-state index in [0.717, 1.165) is 18.5 Å². The number of hydrogen-bond donors (Lipinski definition) is 0. The molecule has 1 saturated heterocycles. The van der Waals surface area contributed by atoms with Gasteiger partial charge in [0.2, 0.25) is 5.91 Å². The van der Waals surface area contributed by atoms with E-state index in [4.69, 9.17) is 4.74 Å². The molecule has 7 heteroatoms. The molecule has 0 bridgehead atoms. The molecule has 0 radical (unpaired) electrons. The number of morpholine rings is 1. The lowest BCUT2D eigenvalue weighted by Crippen LogP contribution is -2.46. The molecule has 2 aromatic rings. The van der Waals surface area contributed by atoms with Crippen LogP contribution in [-0.2, 0) is 22.5 Å². The fourth-order valence-electron chi connectivity index (χ4n) is 2.70. The molecular formula is C16H21N5O2. The lowest BCUT2D eigenvalue weighted by atomic mass is 10.1. The van der Waals surface area contributed by atoms with Gasteiger partial charge in [0, 0.05) is 50.3 Å². The quantitative estimate of drug-likeness (QED) is 0.792. The summed E-state index contributed by atoms with van der Waals surface area (Å²) in [5, 5.41) is 0. The fraction of sp³-hybridized carbons (Fsp3) is 0.500. The summed E-state index contributed by atoms with van der Waals surface area (Å²) in [6, 6.07) is 1.91. The zero-order valence-electron chi connectivity index (χ0n) is 13.0. The predicted octanol–water partition coefficient (Wildman–Crippen LogP) is 0.923. The largest absolute Gasteiger partial charge is 0.375 e. The molecule has 122 valence electrons. The van der Waals surface area contributed by atoms with Crippen molar-refractivity contribution in [1.29, 1.82) is 0 Å². The molecule has 1 fully saturated rings. The van der Waals surface area contributed by atoms with Gasteiger partial charge in [0.05, 0.1) is 19.0 Å². The lowest BCUT2D eigenvalue weighted by molar-refractivity contribution is -0.139. The zero-order valence-corrected chi connectivity index (χ0v) is 13.0. The minimum absolute atomic E-state index is 0.0795. The maximum absolute atomic E-state index is 12.3. The van der Waals surface area contributed by atoms with Crippen LogP contribution in [0, 0.1) is 0 Å². The molecule has 1 atom stereocenters. The number of amides is 1. The van der Waals surface area contributed by atoms with Gasteiger partial charge >= 0.3 is 0 Å². The standard InChI is InChI=1S/C16H21N5O2/c22-16(4-7-20-8-6-18-13-20)21-9-10-23-15(11-21)2-1-14-3-5-17-12-19-14/h3,5-6,8,12-13,15H,1-2,4,7,9-11H2/t15-/m0/s1. The SMILES string of the molecule is O=C(CCn1ccnc1)N1CCO[C@@H](CCc2ccncn2)C1. The number of carbonyl (C=O) groups excluding carboxylic acids is 1. The van der Waals surface area contributed by atoms with Crippen LogP contribution in [0.2, 0.25) is 0 Å². The normalized spacial score (nSPS) is 18.1. The molecule has 3 rings (SSSR count). The summed E-state index contributed by atoms with van der Waals surface area (Å²) in [6.45, 7) is 2.60. The Morgan fingerprint density at radius 2 is 2.30 bits per heavy atom. The number of aryl methyl sites for hydroxylation is 2. The molecule has 0 spiro atoms. The Morgan fingerprint density at radius 1 is 1.35 bits per heavy atom. The second-order valence-corrected chi connectivity index (χ2v) is 5.62. The van der Waals surface area contributed by atoms with Crippen LogP contribution in [0.4, 0.5) is 0 Å². The van der Waals surface area contributed by atoms with Crippen molar-refractivity contribution >= 4 is 5.91 Å². The summed E-state index contributed by atoms with van der Waals surface area (Å²) in [6.07, 6.45) is 10.9. The van der Waals surface area contributed by atoms with Gasteiger partial charge in [-0.3, -0.25) is 4.79 Å². The van der Waals surface area contributed by atoms with Crippen molar-refractivity contribution in [2.45, 2.75) is 31.9 Å². The summed E-state index contributed by atoms with van der Waals surface area (Å²) >= 11 is 0. The summed E-state index contributed by atoms with van der Waals surface area (Å²) in [7, 11) is 0. The molecule has 0 unspecified atom stereocenters. The highest BCUT2D eigenvalue weighted by atomic mass is 16.5. The Hall–Kier alpha value is -2.28. The topological polar surface area (TPSA) is 73.1 Å². The number of nitrogens with zero attached hydrogens (tertiary/aromatic N) is 5. The van der Waals surface area contributed by atoms with Crippen molar-refractivity contribution in [3.8, 4) is 0 Å². The van der Waals surface area contributed by atoms with E-state index in [2.05, 4.69) is 15.0 Å². The first-order valence-electron chi connectivity index (χ1n) is 7.91. The molecule has 23 heavy (non-hydrogen) atoms. The highest BCUT2D eigenvalue weighted by molar-refractivity contribution is 5.76. The van der Waals surface area contributed by atoms with E-state index in [-0.39, 0.29) is 12.0 Å². The van der Waals surface area contributed by atoms with E-state index in [9.17, 15) is 4.79 Å². The molecule has 0 aromatic carbocycles. The van der Waals surface area contributed by atoms with E-state index < -0.39 is 0 Å². The van der Waals surface area contributed by atoms with Gasteiger partial charge in [0.15, 0.2) is 0 Å². The average molecular weight is 315 g/mol. The third-order valence-electron chi connectivity index (χ3n) is 4.00. The highest BCUT2D eigenvalue weighted by Crippen LogP contribution is 2.12. The van der Waals surface area contributed by atoms with Gasteiger partial charge in [0.25, 0.3) is 0 Å². The van der Waals surface area contributed by atoms with Crippen molar-refractivity contribution in [1.82, 2.24) is 24.4 Å². The minimum atomic E-state index is 0.0795. The first-order chi connectivity index (χ1) is 11.3. The van der Waals surface area contributed by atoms with Gasteiger partial charge in [-0.25, -0.2) is 15.0 Å². The maximum atomic E-state index is 12.3. The zero-order chi connectivity index (χ0) is 15.9. The van der Waals surface area contributed by atoms with Crippen molar-refractivity contribution < 1.29 is 9.53 Å². The van der Waals surface area contributed by atoms with Crippen LogP contribution in [-0.4, -0.2) is 56.1 Å². The van der Waals surface area contributed by atoms with Gasteiger partial charge in [-0.1, -0.05) is 0 Å². The van der Waals surface area contributed by atoms with Gasteiger partial charge in [-0.15, -0.1) is 0 Å². The molecule has 0 N–H and O–H groups in total. The van der Waals surface area contributed by atoms with Crippen molar-refractivity contribution in [2.75, 3.05) is 19.7 Å². The summed E-state index contributed by atoms with van der Waals surface area (Å²) in [4.78, 5) is 26.4. The number of rotatable bonds is 6. The van der Waals surface area contributed by atoms with Crippen LogP contribution in [0.1, 0.15) is 18.5 Å². The average Bonchev–Trinajstić information content (AvgIpc) is 3.12. The molecular weight excluding hydrogens is 294 g/mol. The number of carbonyl (C=O) groups is 1. The second kappa shape index (κ2) is 7.82. The molecule has 1 amide bonds. The van der Waals surface area contributed by atoms with E-state index in [1.807, 2.05) is 21.7 Å².